The van der Waals surface area contributed by atoms with Crippen molar-refractivity contribution in [2.45, 2.75) is 19.9 Å². The number of phenols is 1. The molecule has 0 radical (unpaired) electrons. The van der Waals surface area contributed by atoms with Crippen LogP contribution in [-0.4, -0.2) is 36.2 Å². The van der Waals surface area contributed by atoms with Crippen LogP contribution in [0.1, 0.15) is 24.1 Å². The number of hydrogen-bond acceptors (Lipinski definition) is 3. The highest BCUT2D eigenvalue weighted by Crippen LogP contribution is 2.36. The average Bonchev–Trinajstić information content (AvgIpc) is 2.35. The maximum absolute atomic E-state index is 10.2. The van der Waals surface area contributed by atoms with Gasteiger partial charge in [0.05, 0.1) is 0 Å². The zero-order valence-electron chi connectivity index (χ0n) is 11.1. The number of hydrogen-bond donors (Lipinski definition) is 2. The third-order valence-electron chi connectivity index (χ3n) is 3.48. The molecule has 0 bridgehead atoms. The zero-order valence-corrected chi connectivity index (χ0v) is 14.4. The van der Waals surface area contributed by atoms with Crippen molar-refractivity contribution in [3.05, 3.63) is 27.7 Å². The Morgan fingerprint density at radius 2 is 1.84 bits per heavy atom. The van der Waals surface area contributed by atoms with Gasteiger partial charge in [-0.05, 0) is 25.5 Å². The van der Waals surface area contributed by atoms with Gasteiger partial charge in [0.1, 0.15) is 5.75 Å². The molecule has 1 atom stereocenters. The maximum Gasteiger partial charge on any atom is 0.124 e. The second kappa shape index (κ2) is 8.32. The summed E-state index contributed by atoms with van der Waals surface area (Å²) in [4.78, 5) is 2.40. The number of rotatable bonds is 2. The van der Waals surface area contributed by atoms with Crippen LogP contribution in [-0.2, 0) is 0 Å². The Morgan fingerprint density at radius 3 is 2.42 bits per heavy atom. The number of aromatic hydroxyl groups is 1. The molecule has 1 aromatic carbocycles. The molecular weight excluding hydrogens is 351 g/mol. The van der Waals surface area contributed by atoms with Gasteiger partial charge in [0.15, 0.2) is 0 Å². The topological polar surface area (TPSA) is 35.5 Å². The van der Waals surface area contributed by atoms with Crippen molar-refractivity contribution >= 4 is 40.7 Å². The molecule has 3 nitrogen and oxygen atoms in total. The third kappa shape index (κ3) is 4.23. The molecule has 1 saturated heterocycles. The summed E-state index contributed by atoms with van der Waals surface area (Å²) in [6, 6.07) is 4.20. The van der Waals surface area contributed by atoms with E-state index in [9.17, 15) is 5.11 Å². The molecule has 1 fully saturated rings. The van der Waals surface area contributed by atoms with E-state index in [1.54, 1.807) is 0 Å². The maximum atomic E-state index is 10.2. The average molecular weight is 372 g/mol. The lowest BCUT2D eigenvalue weighted by molar-refractivity contribution is 0.182. The Hall–Kier alpha value is -0.000000000000000111. The minimum atomic E-state index is 0. The molecular formula is C13H21BrCl2N2O. The molecule has 1 aromatic rings. The predicted octanol–water partition coefficient (Wildman–Crippen LogP) is 3.27. The summed E-state index contributed by atoms with van der Waals surface area (Å²) in [6.45, 7) is 8.20. The van der Waals surface area contributed by atoms with Crippen molar-refractivity contribution in [1.29, 1.82) is 0 Å². The van der Waals surface area contributed by atoms with E-state index in [-0.39, 0.29) is 30.9 Å². The van der Waals surface area contributed by atoms with Crippen molar-refractivity contribution in [2.75, 3.05) is 26.2 Å². The number of benzene rings is 1. The van der Waals surface area contributed by atoms with Crippen LogP contribution in [0.3, 0.4) is 0 Å². The Balaban J connectivity index is 0.00000162. The number of halogens is 3. The lowest BCUT2D eigenvalue weighted by Crippen LogP contribution is -2.44. The molecule has 0 unspecified atom stereocenters. The lowest BCUT2D eigenvalue weighted by atomic mass is 10.0. The summed E-state index contributed by atoms with van der Waals surface area (Å²) in [5, 5.41) is 13.6. The van der Waals surface area contributed by atoms with E-state index < -0.39 is 0 Å². The van der Waals surface area contributed by atoms with Crippen LogP contribution >= 0.6 is 40.7 Å². The molecule has 1 heterocycles. The van der Waals surface area contributed by atoms with Crippen molar-refractivity contribution in [2.24, 2.45) is 0 Å². The normalized spacial score (nSPS) is 17.2. The van der Waals surface area contributed by atoms with Crippen molar-refractivity contribution < 1.29 is 5.11 Å². The van der Waals surface area contributed by atoms with E-state index in [4.69, 9.17) is 0 Å². The van der Waals surface area contributed by atoms with Gasteiger partial charge >= 0.3 is 0 Å². The molecule has 0 saturated carbocycles. The van der Waals surface area contributed by atoms with Crippen LogP contribution in [0.15, 0.2) is 16.6 Å². The summed E-state index contributed by atoms with van der Waals surface area (Å²) in [5.74, 6) is 0.422. The first-order chi connectivity index (χ1) is 8.11. The lowest BCUT2D eigenvalue weighted by Gasteiger charge is -2.34. The van der Waals surface area contributed by atoms with Gasteiger partial charge in [0.2, 0.25) is 0 Å². The second-order valence-corrected chi connectivity index (χ2v) is 5.44. The highest BCUT2D eigenvalue weighted by Gasteiger charge is 2.23. The van der Waals surface area contributed by atoms with Crippen molar-refractivity contribution in [3.8, 4) is 5.75 Å². The molecule has 19 heavy (non-hydrogen) atoms. The summed E-state index contributed by atoms with van der Waals surface area (Å²) < 4.78 is 0.992. The fourth-order valence-corrected chi connectivity index (χ4v) is 2.99. The third-order valence-corrected chi connectivity index (χ3v) is 4.17. The summed E-state index contributed by atoms with van der Waals surface area (Å²) >= 11 is 3.55. The Morgan fingerprint density at radius 1 is 1.26 bits per heavy atom. The zero-order chi connectivity index (χ0) is 12.4. The highest BCUT2D eigenvalue weighted by atomic mass is 79.9. The van der Waals surface area contributed by atoms with Gasteiger partial charge in [-0.15, -0.1) is 24.8 Å². The first kappa shape index (κ1) is 19.0. The number of nitrogens with one attached hydrogen (secondary N) is 1. The van der Waals surface area contributed by atoms with Crippen LogP contribution in [0, 0.1) is 6.92 Å². The van der Waals surface area contributed by atoms with E-state index >= 15 is 0 Å². The molecule has 0 amide bonds. The molecule has 6 heteroatoms. The smallest absolute Gasteiger partial charge is 0.124 e. The minimum Gasteiger partial charge on any atom is -0.507 e. The molecule has 0 aliphatic carbocycles. The van der Waals surface area contributed by atoms with Crippen LogP contribution in [0.4, 0.5) is 0 Å². The number of aryl methyl sites for hydroxylation is 1. The van der Waals surface area contributed by atoms with E-state index in [0.29, 0.717) is 5.75 Å². The van der Waals surface area contributed by atoms with E-state index in [2.05, 4.69) is 33.1 Å². The fraction of sp³-hybridized carbons (Fsp3) is 0.538. The quantitative estimate of drug-likeness (QED) is 0.837. The van der Waals surface area contributed by atoms with Gasteiger partial charge in [0, 0.05) is 42.3 Å². The van der Waals surface area contributed by atoms with E-state index in [1.165, 1.54) is 0 Å². The van der Waals surface area contributed by atoms with Crippen LogP contribution in [0.5, 0.6) is 5.75 Å². The van der Waals surface area contributed by atoms with E-state index in [0.717, 1.165) is 41.8 Å². The Labute approximate surface area is 135 Å². The van der Waals surface area contributed by atoms with Gasteiger partial charge < -0.3 is 10.4 Å². The molecule has 2 rings (SSSR count). The number of phenolic OH excluding ortho intramolecular Hbond substituents is 1. The van der Waals surface area contributed by atoms with Gasteiger partial charge in [-0.3, -0.25) is 4.90 Å². The number of piperazine rings is 1. The monoisotopic (exact) mass is 370 g/mol. The molecule has 1 aliphatic rings. The largest absolute Gasteiger partial charge is 0.507 e. The number of nitrogens with zero attached hydrogens (tertiary/aromatic N) is 1. The van der Waals surface area contributed by atoms with Crippen molar-refractivity contribution in [3.63, 3.8) is 0 Å². The van der Waals surface area contributed by atoms with Gasteiger partial charge in [-0.2, -0.15) is 0 Å². The highest BCUT2D eigenvalue weighted by molar-refractivity contribution is 9.10. The first-order valence-electron chi connectivity index (χ1n) is 6.04. The van der Waals surface area contributed by atoms with Crippen molar-refractivity contribution in [1.82, 2.24) is 10.2 Å². The van der Waals surface area contributed by atoms with E-state index in [1.807, 2.05) is 19.1 Å². The molecule has 0 spiro atoms. The SMILES string of the molecule is Cc1ccc(Br)c([C@@H](C)N2CCNCC2)c1O.Cl.Cl. The molecule has 1 aliphatic heterocycles. The second-order valence-electron chi connectivity index (χ2n) is 4.59. The van der Waals surface area contributed by atoms with Gasteiger partial charge in [0.25, 0.3) is 0 Å². The van der Waals surface area contributed by atoms with Crippen LogP contribution in [0.25, 0.3) is 0 Å². The summed E-state index contributed by atoms with van der Waals surface area (Å²) in [7, 11) is 0. The summed E-state index contributed by atoms with van der Waals surface area (Å²) in [6.07, 6.45) is 0. The summed E-state index contributed by atoms with van der Waals surface area (Å²) in [5.41, 5.74) is 1.94. The van der Waals surface area contributed by atoms with Crippen LogP contribution < -0.4 is 5.32 Å². The Bertz CT molecular complexity index is 412. The standard InChI is InChI=1S/C13H19BrN2O.2ClH/c1-9-3-4-11(14)12(13(9)17)10(2)16-7-5-15-6-8-16;;/h3-4,10,15,17H,5-8H2,1-2H3;2*1H/t10-;;/m1../s1. The Kier molecular flexibility index (Phi) is 8.32. The van der Waals surface area contributed by atoms with Gasteiger partial charge in [-0.25, -0.2) is 0 Å². The first-order valence-corrected chi connectivity index (χ1v) is 6.83. The van der Waals surface area contributed by atoms with Gasteiger partial charge in [-0.1, -0.05) is 22.0 Å². The van der Waals surface area contributed by atoms with Crippen LogP contribution in [0.2, 0.25) is 0 Å². The molecule has 2 N–H and O–H groups in total. The molecule has 0 aromatic heterocycles. The predicted molar refractivity (Wildman–Crippen MR) is 87.9 cm³/mol. The fourth-order valence-electron chi connectivity index (χ4n) is 2.34. The minimum absolute atomic E-state index is 0. The molecule has 110 valence electrons.